The van der Waals surface area contributed by atoms with Gasteiger partial charge in [-0.05, 0) is 69.9 Å². The smallest absolute Gasteiger partial charge is 0.411 e. The number of ether oxygens (including phenoxy) is 2. The lowest BCUT2D eigenvalue weighted by atomic mass is 9.75. The molecule has 0 radical (unpaired) electrons. The van der Waals surface area contributed by atoms with Crippen LogP contribution in [0.25, 0.3) is 0 Å². The zero-order valence-electron chi connectivity index (χ0n) is 20.4. The van der Waals surface area contributed by atoms with Crippen LogP contribution in [0.15, 0.2) is 48.5 Å². The number of rotatable bonds is 9. The Morgan fingerprint density at radius 1 is 1.06 bits per heavy atom. The normalized spacial score (nSPS) is 13.1. The lowest BCUT2D eigenvalue weighted by Crippen LogP contribution is -2.44. The monoisotopic (exact) mass is 454 g/mol. The molecule has 0 heterocycles. The van der Waals surface area contributed by atoms with Crippen LogP contribution in [0.2, 0.25) is 6.82 Å². The Morgan fingerprint density at radius 3 is 2.30 bits per heavy atom. The number of aryl methyl sites for hydroxylation is 1. The second-order valence-corrected chi connectivity index (χ2v) is 9.60. The first-order valence-electron chi connectivity index (χ1n) is 11.1. The summed E-state index contributed by atoms with van der Waals surface area (Å²) in [6.45, 7) is 11.6. The third kappa shape index (κ3) is 8.90. The average molecular weight is 454 g/mol. The number of amides is 1. The van der Waals surface area contributed by atoms with Crippen molar-refractivity contribution in [2.45, 2.75) is 65.5 Å². The highest BCUT2D eigenvalue weighted by Crippen LogP contribution is 2.32. The molecule has 0 aliphatic carbocycles. The molecule has 2 aromatic carbocycles. The molecule has 0 fully saturated rings. The van der Waals surface area contributed by atoms with Crippen LogP contribution >= 0.6 is 0 Å². The van der Waals surface area contributed by atoms with E-state index in [0.717, 1.165) is 16.7 Å². The zero-order chi connectivity index (χ0) is 24.6. The van der Waals surface area contributed by atoms with Gasteiger partial charge in [0.15, 0.2) is 0 Å². The van der Waals surface area contributed by atoms with E-state index in [4.69, 9.17) is 9.47 Å². The molecule has 0 saturated carbocycles. The molecule has 0 saturated heterocycles. The van der Waals surface area contributed by atoms with Gasteiger partial charge in [-0.25, -0.2) is 4.79 Å². The molecule has 2 rings (SSSR count). The molecular weight excluding hydrogens is 419 g/mol. The van der Waals surface area contributed by atoms with Crippen molar-refractivity contribution < 1.29 is 24.1 Å². The highest BCUT2D eigenvalue weighted by molar-refractivity contribution is 6.45. The van der Waals surface area contributed by atoms with Crippen LogP contribution in [0.1, 0.15) is 50.8 Å². The Hall–Kier alpha value is -2.84. The van der Waals surface area contributed by atoms with Crippen LogP contribution in [-0.4, -0.2) is 36.3 Å². The highest BCUT2D eigenvalue weighted by atomic mass is 16.6. The molecule has 0 aliphatic rings. The molecule has 0 bridgehead atoms. The Bertz CT molecular complexity index is 944. The van der Waals surface area contributed by atoms with Gasteiger partial charge in [0.2, 0.25) is 0 Å². The van der Waals surface area contributed by atoms with E-state index >= 15 is 0 Å². The molecule has 8 heteroatoms. The van der Waals surface area contributed by atoms with Crippen LogP contribution in [-0.2, 0) is 26.3 Å². The van der Waals surface area contributed by atoms with E-state index < -0.39 is 24.2 Å². The number of hydrogen-bond acceptors (Lipinski definition) is 6. The number of carbonyl (C=O) groups is 2. The Labute approximate surface area is 197 Å². The summed E-state index contributed by atoms with van der Waals surface area (Å²) >= 11 is 0. The lowest BCUT2D eigenvalue weighted by molar-refractivity contribution is -0.156. The minimum absolute atomic E-state index is 0.136. The van der Waals surface area contributed by atoms with Crippen LogP contribution in [0.3, 0.4) is 0 Å². The summed E-state index contributed by atoms with van der Waals surface area (Å²) in [4.78, 5) is 24.8. The zero-order valence-corrected chi connectivity index (χ0v) is 20.4. The van der Waals surface area contributed by atoms with Crippen molar-refractivity contribution in [3.8, 4) is 0 Å². The highest BCUT2D eigenvalue weighted by Gasteiger charge is 2.33. The summed E-state index contributed by atoms with van der Waals surface area (Å²) in [5.74, 6) is -0.316. The van der Waals surface area contributed by atoms with Gasteiger partial charge in [-0.15, -0.1) is 0 Å². The van der Waals surface area contributed by atoms with Gasteiger partial charge in [-0.2, -0.15) is 0 Å². The summed E-state index contributed by atoms with van der Waals surface area (Å²) in [5.41, 5.74) is 2.10. The fourth-order valence-corrected chi connectivity index (χ4v) is 3.62. The van der Waals surface area contributed by atoms with Gasteiger partial charge in [0.25, 0.3) is 0 Å². The minimum atomic E-state index is -0.719. The molecule has 0 aliphatic heterocycles. The maximum atomic E-state index is 12.6. The predicted molar refractivity (Wildman–Crippen MR) is 131 cm³/mol. The first kappa shape index (κ1) is 26.4. The third-order valence-corrected chi connectivity index (χ3v) is 5.08. The first-order valence-corrected chi connectivity index (χ1v) is 11.1. The molecule has 3 N–H and O–H groups in total. The van der Waals surface area contributed by atoms with Gasteiger partial charge in [-0.3, -0.25) is 10.1 Å². The van der Waals surface area contributed by atoms with Crippen molar-refractivity contribution >= 4 is 24.8 Å². The van der Waals surface area contributed by atoms with E-state index in [2.05, 4.69) is 10.5 Å². The summed E-state index contributed by atoms with van der Waals surface area (Å²) in [7, 11) is -0.719. The summed E-state index contributed by atoms with van der Waals surface area (Å²) < 4.78 is 10.8. The molecule has 0 aromatic heterocycles. The average Bonchev–Trinajstić information content (AvgIpc) is 2.70. The van der Waals surface area contributed by atoms with Gasteiger partial charge >= 0.3 is 19.1 Å². The maximum Gasteiger partial charge on any atom is 0.411 e. The third-order valence-electron chi connectivity index (χ3n) is 5.08. The second-order valence-electron chi connectivity index (χ2n) is 9.60. The van der Waals surface area contributed by atoms with E-state index in [1.807, 2.05) is 77.1 Å². The van der Waals surface area contributed by atoms with Gasteiger partial charge in [0, 0.05) is 11.1 Å². The number of esters is 1. The maximum absolute atomic E-state index is 12.6. The van der Waals surface area contributed by atoms with E-state index in [9.17, 15) is 14.6 Å². The van der Waals surface area contributed by atoms with Gasteiger partial charge in [0.1, 0.15) is 12.2 Å². The van der Waals surface area contributed by atoms with Crippen molar-refractivity contribution in [3.05, 3.63) is 65.2 Å². The van der Waals surface area contributed by atoms with Crippen molar-refractivity contribution in [1.82, 2.24) is 5.23 Å². The molecular formula is C25H35BN2O5. The van der Waals surface area contributed by atoms with E-state index in [-0.39, 0.29) is 19.0 Å². The number of anilines is 1. The number of carbonyl (C=O) groups excluding carboxylic acids is 2. The van der Waals surface area contributed by atoms with Crippen molar-refractivity contribution in [2.75, 3.05) is 11.9 Å². The largest absolute Gasteiger partial charge is 0.460 e. The first-order chi connectivity index (χ1) is 15.4. The Balaban J connectivity index is 2.14. The SMILES string of the molecule is CB(O)NCC(C)(CC(=O)OC(C)(C)C)c1ccc(NC(=O)OCc2ccccc2)cc1C. The molecule has 1 unspecified atom stereocenters. The predicted octanol–water partition coefficient (Wildman–Crippen LogP) is 4.43. The number of hydrogen-bond donors (Lipinski definition) is 3. The van der Waals surface area contributed by atoms with E-state index in [1.54, 1.807) is 12.9 Å². The van der Waals surface area contributed by atoms with Crippen LogP contribution in [0.4, 0.5) is 10.5 Å². The Morgan fingerprint density at radius 2 is 1.73 bits per heavy atom. The standard InChI is InChI=1S/C25H35BN2O5/c1-18-14-20(28-23(30)32-16-19-10-8-7-9-11-19)12-13-21(18)25(5,17-27-26(6)31)15-22(29)33-24(2,3)4/h7-14,27,31H,15-17H2,1-6H3,(H,28,30). The lowest BCUT2D eigenvalue weighted by Gasteiger charge is -2.33. The molecule has 2 aromatic rings. The van der Waals surface area contributed by atoms with Gasteiger partial charge in [-0.1, -0.05) is 43.3 Å². The molecule has 1 atom stereocenters. The van der Waals surface area contributed by atoms with Crippen molar-refractivity contribution in [2.24, 2.45) is 0 Å². The molecule has 33 heavy (non-hydrogen) atoms. The molecule has 178 valence electrons. The van der Waals surface area contributed by atoms with Gasteiger partial charge in [0.05, 0.1) is 6.42 Å². The van der Waals surface area contributed by atoms with E-state index in [1.165, 1.54) is 0 Å². The fraction of sp³-hybridized carbons (Fsp3) is 0.440. The minimum Gasteiger partial charge on any atom is -0.460 e. The van der Waals surface area contributed by atoms with Gasteiger partial charge < -0.3 is 19.7 Å². The fourth-order valence-electron chi connectivity index (χ4n) is 3.62. The topological polar surface area (TPSA) is 96.9 Å². The van der Waals surface area contributed by atoms with E-state index in [0.29, 0.717) is 12.2 Å². The summed E-state index contributed by atoms with van der Waals surface area (Å²) in [6, 6.07) is 15.0. The number of nitrogens with one attached hydrogen (secondary N) is 2. The van der Waals surface area contributed by atoms with Crippen molar-refractivity contribution in [1.29, 1.82) is 0 Å². The Kier molecular flexibility index (Phi) is 9.08. The number of benzene rings is 2. The summed E-state index contributed by atoms with van der Waals surface area (Å²) in [6.07, 6.45) is -0.408. The molecule has 1 amide bonds. The van der Waals surface area contributed by atoms with Crippen LogP contribution in [0.5, 0.6) is 0 Å². The molecule has 0 spiro atoms. The van der Waals surface area contributed by atoms with Crippen molar-refractivity contribution in [3.63, 3.8) is 0 Å². The summed E-state index contributed by atoms with van der Waals surface area (Å²) in [5, 5.41) is 15.5. The van der Waals surface area contributed by atoms with Crippen LogP contribution < -0.4 is 10.5 Å². The van der Waals surface area contributed by atoms with Crippen LogP contribution in [0, 0.1) is 6.92 Å². The second kappa shape index (κ2) is 11.3. The quantitative estimate of drug-likeness (QED) is 0.383. The molecule has 7 nitrogen and oxygen atoms in total.